The zero-order valence-electron chi connectivity index (χ0n) is 29.0. The number of anilines is 3. The molecule has 0 saturated heterocycles. The Hall–Kier alpha value is -6.52. The Morgan fingerprint density at radius 3 is 1.88 bits per heavy atom. The van der Waals surface area contributed by atoms with E-state index in [9.17, 15) is 0 Å². The highest BCUT2D eigenvalue weighted by molar-refractivity contribution is 6.14. The maximum absolute atomic E-state index is 5.38. The molecule has 246 valence electrons. The number of hydrogen-bond donors (Lipinski definition) is 0. The topological polar surface area (TPSA) is 34.0 Å². The molecule has 4 heteroatoms. The molecule has 0 unspecified atom stereocenters. The molecule has 11 rings (SSSR count). The molecule has 4 heterocycles. The summed E-state index contributed by atoms with van der Waals surface area (Å²) in [5.41, 5.74) is 15.1. The van der Waals surface area contributed by atoms with Crippen LogP contribution in [0.25, 0.3) is 61.0 Å². The summed E-state index contributed by atoms with van der Waals surface area (Å²) in [5, 5.41) is 4.95. The summed E-state index contributed by atoms with van der Waals surface area (Å²) in [5.74, 6) is 0.675. The van der Waals surface area contributed by atoms with Gasteiger partial charge in [0.15, 0.2) is 0 Å². The fourth-order valence-electron chi connectivity index (χ4n) is 8.88. The van der Waals surface area contributed by atoms with Gasteiger partial charge >= 0.3 is 0 Å². The smallest absolute Gasteiger partial charge is 0.235 e. The molecule has 0 spiro atoms. The van der Waals surface area contributed by atoms with Crippen molar-refractivity contribution >= 4 is 49.6 Å². The Balaban J connectivity index is 1.29. The summed E-state index contributed by atoms with van der Waals surface area (Å²) in [4.78, 5) is 13.3. The largest absolute Gasteiger partial charge is 0.309 e. The van der Waals surface area contributed by atoms with Crippen LogP contribution in [0.15, 0.2) is 158 Å². The molecule has 0 radical (unpaired) electrons. The summed E-state index contributed by atoms with van der Waals surface area (Å²) in [6.45, 7) is 4.77. The molecule has 0 amide bonds. The Morgan fingerprint density at radius 2 is 1.15 bits per heavy atom. The fourth-order valence-corrected chi connectivity index (χ4v) is 8.88. The van der Waals surface area contributed by atoms with E-state index < -0.39 is 0 Å². The second kappa shape index (κ2) is 10.7. The van der Waals surface area contributed by atoms with Gasteiger partial charge in [-0.3, -0.25) is 4.57 Å². The van der Waals surface area contributed by atoms with Gasteiger partial charge in [0.1, 0.15) is 0 Å². The van der Waals surface area contributed by atoms with Crippen LogP contribution in [0.4, 0.5) is 17.1 Å². The third-order valence-corrected chi connectivity index (χ3v) is 11.4. The van der Waals surface area contributed by atoms with E-state index in [1.165, 1.54) is 66.4 Å². The summed E-state index contributed by atoms with van der Waals surface area (Å²) >= 11 is 0. The number of hydrogen-bond acceptors (Lipinski definition) is 3. The fraction of sp³-hybridized carbons (Fsp3) is 0.0833. The van der Waals surface area contributed by atoms with Crippen molar-refractivity contribution in [1.29, 1.82) is 0 Å². The van der Waals surface area contributed by atoms with Gasteiger partial charge in [0.25, 0.3) is 0 Å². The monoisotopic (exact) mass is 666 g/mol. The van der Waals surface area contributed by atoms with Crippen molar-refractivity contribution in [3.05, 3.63) is 180 Å². The molecule has 0 saturated carbocycles. The van der Waals surface area contributed by atoms with E-state index in [-0.39, 0.29) is 5.41 Å². The van der Waals surface area contributed by atoms with Gasteiger partial charge in [-0.1, -0.05) is 135 Å². The van der Waals surface area contributed by atoms with Crippen molar-refractivity contribution < 1.29 is 0 Å². The van der Waals surface area contributed by atoms with Gasteiger partial charge in [-0.15, -0.1) is 0 Å². The van der Waals surface area contributed by atoms with E-state index in [0.717, 1.165) is 34.5 Å². The molecule has 0 aliphatic carbocycles. The molecule has 2 aromatic heterocycles. The van der Waals surface area contributed by atoms with Crippen LogP contribution < -0.4 is 4.90 Å². The molecule has 0 bridgehead atoms. The molecule has 9 aromatic rings. The van der Waals surface area contributed by atoms with E-state index in [2.05, 4.69) is 181 Å². The first-order chi connectivity index (χ1) is 25.5. The van der Waals surface area contributed by atoms with Crippen LogP contribution in [0, 0.1) is 0 Å². The van der Waals surface area contributed by atoms with E-state index in [0.29, 0.717) is 5.95 Å². The molecule has 52 heavy (non-hydrogen) atoms. The second-order valence-corrected chi connectivity index (χ2v) is 14.7. The Labute approximate surface area is 302 Å². The van der Waals surface area contributed by atoms with Gasteiger partial charge in [-0.25, -0.2) is 9.97 Å². The lowest BCUT2D eigenvalue weighted by Crippen LogP contribution is -2.33. The second-order valence-electron chi connectivity index (χ2n) is 14.7. The first kappa shape index (κ1) is 29.2. The lowest BCUT2D eigenvalue weighted by molar-refractivity contribution is 0.630. The average molecular weight is 667 g/mol. The quantitative estimate of drug-likeness (QED) is 0.188. The maximum atomic E-state index is 5.38. The van der Waals surface area contributed by atoms with Crippen molar-refractivity contribution in [2.45, 2.75) is 25.7 Å². The first-order valence-electron chi connectivity index (χ1n) is 18.1. The van der Waals surface area contributed by atoms with Crippen LogP contribution in [-0.4, -0.2) is 14.5 Å². The lowest BCUT2D eigenvalue weighted by Gasteiger charge is -2.46. The number of benzene rings is 7. The molecule has 0 N–H and O–H groups in total. The number of aromatic nitrogens is 3. The zero-order valence-corrected chi connectivity index (χ0v) is 29.0. The minimum Gasteiger partial charge on any atom is -0.309 e. The SMILES string of the molecule is CC1(C)c2ccccc2N2c3cc4ccccc4cc3Cc3c2c1cc1c2ccccc2n(-c2nc(-c4ccccc4)cc(-c4ccccc4)n2)c31. The molecular formula is C48H34N4. The van der Waals surface area contributed by atoms with Gasteiger partial charge in [0.05, 0.1) is 39.5 Å². The minimum absolute atomic E-state index is 0.215. The predicted octanol–water partition coefficient (Wildman–Crippen LogP) is 12.1. The molecule has 0 atom stereocenters. The zero-order chi connectivity index (χ0) is 34.6. The normalized spacial score (nSPS) is 14.0. The molecular weight excluding hydrogens is 633 g/mol. The van der Waals surface area contributed by atoms with Crippen molar-refractivity contribution in [1.82, 2.24) is 14.5 Å². The first-order valence-corrected chi connectivity index (χ1v) is 18.1. The highest BCUT2D eigenvalue weighted by Gasteiger charge is 2.42. The number of nitrogens with zero attached hydrogens (tertiary/aromatic N) is 4. The van der Waals surface area contributed by atoms with Crippen LogP contribution >= 0.6 is 0 Å². The van der Waals surface area contributed by atoms with Crippen molar-refractivity contribution in [2.24, 2.45) is 0 Å². The van der Waals surface area contributed by atoms with Crippen molar-refractivity contribution in [2.75, 3.05) is 4.90 Å². The van der Waals surface area contributed by atoms with Crippen LogP contribution in [0.2, 0.25) is 0 Å². The Bertz CT molecular complexity index is 2850. The third kappa shape index (κ3) is 4.09. The molecule has 2 aliphatic rings. The number of para-hydroxylation sites is 2. The molecule has 0 fully saturated rings. The van der Waals surface area contributed by atoms with Gasteiger partial charge in [0.2, 0.25) is 5.95 Å². The molecule has 2 aliphatic heterocycles. The van der Waals surface area contributed by atoms with Gasteiger partial charge in [-0.2, -0.15) is 0 Å². The third-order valence-electron chi connectivity index (χ3n) is 11.4. The minimum atomic E-state index is -0.215. The summed E-state index contributed by atoms with van der Waals surface area (Å²) in [6.07, 6.45) is 0.800. The molecule has 7 aromatic carbocycles. The van der Waals surface area contributed by atoms with E-state index >= 15 is 0 Å². The van der Waals surface area contributed by atoms with E-state index in [4.69, 9.17) is 9.97 Å². The number of fused-ring (bicyclic) bond motifs is 9. The van der Waals surface area contributed by atoms with E-state index in [1.54, 1.807) is 0 Å². The summed E-state index contributed by atoms with van der Waals surface area (Å²) in [7, 11) is 0. The summed E-state index contributed by atoms with van der Waals surface area (Å²) < 4.78 is 2.34. The molecule has 4 nitrogen and oxygen atoms in total. The average Bonchev–Trinajstić information content (AvgIpc) is 3.54. The Morgan fingerprint density at radius 1 is 0.538 bits per heavy atom. The van der Waals surface area contributed by atoms with Crippen LogP contribution in [0.5, 0.6) is 0 Å². The summed E-state index contributed by atoms with van der Waals surface area (Å²) in [6, 6.07) is 56.8. The van der Waals surface area contributed by atoms with Gasteiger partial charge in [0, 0.05) is 39.3 Å². The predicted molar refractivity (Wildman–Crippen MR) is 214 cm³/mol. The van der Waals surface area contributed by atoms with Crippen LogP contribution in [0.3, 0.4) is 0 Å². The maximum Gasteiger partial charge on any atom is 0.235 e. The van der Waals surface area contributed by atoms with Gasteiger partial charge < -0.3 is 4.90 Å². The van der Waals surface area contributed by atoms with Crippen molar-refractivity contribution in [3.63, 3.8) is 0 Å². The van der Waals surface area contributed by atoms with Crippen molar-refractivity contribution in [3.8, 4) is 28.5 Å². The van der Waals surface area contributed by atoms with E-state index in [1.807, 2.05) is 0 Å². The Kier molecular flexibility index (Phi) is 6.04. The number of rotatable bonds is 3. The van der Waals surface area contributed by atoms with Crippen LogP contribution in [-0.2, 0) is 11.8 Å². The highest BCUT2D eigenvalue weighted by Crippen LogP contribution is 2.58. The van der Waals surface area contributed by atoms with Crippen LogP contribution in [0.1, 0.15) is 36.1 Å². The van der Waals surface area contributed by atoms with Gasteiger partial charge in [-0.05, 0) is 63.9 Å². The standard InChI is InChI=1S/C48H34N4/c1-48(2)38-22-12-14-24-43(38)51-44-27-33-20-10-9-19-32(33)25-34(44)26-37-45-36(28-39(48)46(37)51)35-21-11-13-23-42(35)52(45)47-49-40(30-15-5-3-6-16-30)29-41(50-47)31-17-7-4-8-18-31/h3-25,27-29H,26H2,1-2H3. The highest BCUT2D eigenvalue weighted by atomic mass is 15.2. The lowest BCUT2D eigenvalue weighted by atomic mass is 9.71.